The molecule has 10 heteroatoms. The van der Waals surface area contributed by atoms with E-state index in [2.05, 4.69) is 0 Å². The van der Waals surface area contributed by atoms with Crippen LogP contribution in [0.4, 0.5) is 10.5 Å². The molecule has 136 valence electrons. The number of carboxylic acid groups (broad SMARTS) is 1. The second-order valence-corrected chi connectivity index (χ2v) is 7.42. The van der Waals surface area contributed by atoms with Gasteiger partial charge in [0.25, 0.3) is 10.0 Å². The molecule has 4 N–H and O–H groups in total. The Morgan fingerprint density at radius 1 is 1.08 bits per heavy atom. The number of hydrogen-bond acceptors (Lipinski definition) is 5. The average Bonchev–Trinajstić information content (AvgIpc) is 2.55. The van der Waals surface area contributed by atoms with Gasteiger partial charge in [-0.1, -0.05) is 19.3 Å². The predicted molar refractivity (Wildman–Crippen MR) is 88.3 cm³/mol. The van der Waals surface area contributed by atoms with Gasteiger partial charge in [0.2, 0.25) is 0 Å². The van der Waals surface area contributed by atoms with Gasteiger partial charge in [0, 0.05) is 11.7 Å². The molecule has 0 saturated heterocycles. The van der Waals surface area contributed by atoms with E-state index < -0.39 is 27.9 Å². The number of nitrogens with zero attached hydrogens (tertiary/aromatic N) is 1. The fraction of sp³-hybridized carbons (Fsp3) is 0.400. The van der Waals surface area contributed by atoms with Crippen LogP contribution in [-0.2, 0) is 19.6 Å². The van der Waals surface area contributed by atoms with E-state index in [-0.39, 0.29) is 10.9 Å². The first-order chi connectivity index (χ1) is 11.7. The number of carbonyl (C=O) groups excluding carboxylic acids is 2. The number of rotatable bonds is 4. The largest absolute Gasteiger partial charge is 0.474 e. The lowest BCUT2D eigenvalue weighted by molar-refractivity contribution is -0.149. The van der Waals surface area contributed by atoms with Gasteiger partial charge in [0.15, 0.2) is 0 Å². The normalized spacial score (nSPS) is 15.4. The number of hydrogen-bond donors (Lipinski definition) is 3. The van der Waals surface area contributed by atoms with Crippen molar-refractivity contribution in [3.05, 3.63) is 24.3 Å². The molecule has 9 nitrogen and oxygen atoms in total. The monoisotopic (exact) mass is 369 g/mol. The molecule has 0 atom stereocenters. The summed E-state index contributed by atoms with van der Waals surface area (Å²) >= 11 is 0. The van der Waals surface area contributed by atoms with Gasteiger partial charge in [-0.25, -0.2) is 22.7 Å². The SMILES string of the molecule is NC(=O)N(c1ccc(S(=O)(=O)NC(=O)C(=O)O)cc1)C1CCCCC1. The third-order valence-electron chi connectivity index (χ3n) is 4.02. The lowest BCUT2D eigenvalue weighted by Gasteiger charge is -2.33. The van der Waals surface area contributed by atoms with Crippen LogP contribution >= 0.6 is 0 Å². The Hall–Kier alpha value is -2.62. The van der Waals surface area contributed by atoms with Gasteiger partial charge < -0.3 is 10.8 Å². The number of carbonyl (C=O) groups is 3. The molecule has 0 heterocycles. The van der Waals surface area contributed by atoms with Gasteiger partial charge in [-0.05, 0) is 37.1 Å². The number of urea groups is 1. The van der Waals surface area contributed by atoms with E-state index in [1.165, 1.54) is 33.9 Å². The van der Waals surface area contributed by atoms with E-state index in [1.807, 2.05) is 0 Å². The summed E-state index contributed by atoms with van der Waals surface area (Å²) in [5, 5.41) is 8.48. The highest BCUT2D eigenvalue weighted by Gasteiger charge is 2.26. The highest BCUT2D eigenvalue weighted by atomic mass is 32.2. The number of amides is 3. The second-order valence-electron chi connectivity index (χ2n) is 5.73. The summed E-state index contributed by atoms with van der Waals surface area (Å²) in [4.78, 5) is 34.5. The van der Waals surface area contributed by atoms with Crippen molar-refractivity contribution in [3.8, 4) is 0 Å². The smallest absolute Gasteiger partial charge is 0.395 e. The number of nitrogens with one attached hydrogen (secondary N) is 1. The molecule has 0 aliphatic heterocycles. The molecule has 0 aromatic heterocycles. The molecule has 1 fully saturated rings. The van der Waals surface area contributed by atoms with Crippen LogP contribution in [0.5, 0.6) is 0 Å². The molecule has 0 bridgehead atoms. The van der Waals surface area contributed by atoms with Crippen molar-refractivity contribution in [1.29, 1.82) is 0 Å². The number of aliphatic carboxylic acids is 1. The highest BCUT2D eigenvalue weighted by molar-refractivity contribution is 7.90. The minimum absolute atomic E-state index is 0.0413. The molecule has 2 rings (SSSR count). The van der Waals surface area contributed by atoms with Crippen LogP contribution in [0.15, 0.2) is 29.2 Å². The second kappa shape index (κ2) is 7.51. The van der Waals surface area contributed by atoms with E-state index in [4.69, 9.17) is 10.8 Å². The number of sulfonamides is 1. The fourth-order valence-corrected chi connectivity index (χ4v) is 3.81. The maximum absolute atomic E-state index is 12.0. The van der Waals surface area contributed by atoms with Gasteiger partial charge in [0.05, 0.1) is 4.90 Å². The van der Waals surface area contributed by atoms with Crippen LogP contribution < -0.4 is 15.4 Å². The molecule has 1 aliphatic carbocycles. The highest BCUT2D eigenvalue weighted by Crippen LogP contribution is 2.28. The summed E-state index contributed by atoms with van der Waals surface area (Å²) in [5.74, 6) is -3.55. The van der Waals surface area contributed by atoms with E-state index >= 15 is 0 Å². The quantitative estimate of drug-likeness (QED) is 0.669. The van der Waals surface area contributed by atoms with E-state index in [1.54, 1.807) is 0 Å². The zero-order chi connectivity index (χ0) is 18.6. The molecule has 1 aromatic carbocycles. The molecule has 3 amide bonds. The van der Waals surface area contributed by atoms with Crippen LogP contribution in [-0.4, -0.2) is 37.5 Å². The third kappa shape index (κ3) is 4.47. The summed E-state index contributed by atoms with van der Waals surface area (Å²) in [6, 6.07) is 4.51. The Bertz CT molecular complexity index is 769. The Balaban J connectivity index is 2.23. The van der Waals surface area contributed by atoms with Crippen LogP contribution in [0.3, 0.4) is 0 Å². The Labute approximate surface area is 144 Å². The summed E-state index contributed by atoms with van der Waals surface area (Å²) in [6.07, 6.45) is 4.71. The fourth-order valence-electron chi connectivity index (χ4n) is 2.87. The van der Waals surface area contributed by atoms with E-state index in [0.717, 1.165) is 32.1 Å². The zero-order valence-electron chi connectivity index (χ0n) is 13.3. The number of anilines is 1. The van der Waals surface area contributed by atoms with Crippen molar-refractivity contribution in [1.82, 2.24) is 4.72 Å². The minimum atomic E-state index is -4.31. The third-order valence-corrected chi connectivity index (χ3v) is 5.37. The first-order valence-electron chi connectivity index (χ1n) is 7.71. The summed E-state index contributed by atoms with van der Waals surface area (Å²) in [7, 11) is -4.31. The van der Waals surface area contributed by atoms with Crippen molar-refractivity contribution < 1.29 is 27.9 Å². The molecule has 0 unspecified atom stereocenters. The molecule has 0 spiro atoms. The van der Waals surface area contributed by atoms with E-state index in [9.17, 15) is 22.8 Å². The van der Waals surface area contributed by atoms with Gasteiger partial charge in [0.1, 0.15) is 0 Å². The van der Waals surface area contributed by atoms with Crippen molar-refractivity contribution in [3.63, 3.8) is 0 Å². The number of benzene rings is 1. The maximum atomic E-state index is 12.0. The molecule has 0 radical (unpaired) electrons. The van der Waals surface area contributed by atoms with Crippen LogP contribution in [0, 0.1) is 0 Å². The average molecular weight is 369 g/mol. The van der Waals surface area contributed by atoms with Gasteiger partial charge in [-0.15, -0.1) is 0 Å². The van der Waals surface area contributed by atoms with Crippen molar-refractivity contribution in [2.75, 3.05) is 4.90 Å². The number of primary amides is 1. The number of nitrogens with two attached hydrogens (primary N) is 1. The predicted octanol–water partition coefficient (Wildman–Crippen LogP) is 0.794. The zero-order valence-corrected chi connectivity index (χ0v) is 14.2. The Morgan fingerprint density at radius 2 is 1.64 bits per heavy atom. The summed E-state index contributed by atoms with van der Waals surface area (Å²) < 4.78 is 25.4. The standard InChI is InChI=1S/C15H19N3O6S/c16-15(22)18(10-4-2-1-3-5-10)11-6-8-12(9-7-11)25(23,24)17-13(19)14(20)21/h6-10H,1-5H2,(H2,16,22)(H,17,19)(H,20,21). The van der Waals surface area contributed by atoms with E-state index in [0.29, 0.717) is 5.69 Å². The number of carboxylic acids is 1. The molecule has 25 heavy (non-hydrogen) atoms. The molecular formula is C15H19N3O6S. The van der Waals surface area contributed by atoms with Crippen LogP contribution in [0.2, 0.25) is 0 Å². The van der Waals surface area contributed by atoms with Gasteiger partial charge in [-0.2, -0.15) is 0 Å². The maximum Gasteiger partial charge on any atom is 0.395 e. The Morgan fingerprint density at radius 3 is 2.12 bits per heavy atom. The van der Waals surface area contributed by atoms with Crippen molar-refractivity contribution >= 4 is 33.6 Å². The molecule has 1 aromatic rings. The molecular weight excluding hydrogens is 350 g/mol. The van der Waals surface area contributed by atoms with Crippen molar-refractivity contribution in [2.45, 2.75) is 43.0 Å². The first-order valence-corrected chi connectivity index (χ1v) is 9.19. The van der Waals surface area contributed by atoms with Gasteiger partial charge in [-0.3, -0.25) is 9.69 Å². The Kier molecular flexibility index (Phi) is 5.62. The van der Waals surface area contributed by atoms with Crippen LogP contribution in [0.25, 0.3) is 0 Å². The van der Waals surface area contributed by atoms with Crippen LogP contribution in [0.1, 0.15) is 32.1 Å². The molecule has 1 aliphatic rings. The van der Waals surface area contributed by atoms with Crippen molar-refractivity contribution in [2.24, 2.45) is 5.73 Å². The topological polar surface area (TPSA) is 147 Å². The lowest BCUT2D eigenvalue weighted by Crippen LogP contribution is -2.44. The van der Waals surface area contributed by atoms with Gasteiger partial charge >= 0.3 is 17.9 Å². The molecule has 1 saturated carbocycles. The summed E-state index contributed by atoms with van der Waals surface area (Å²) in [6.45, 7) is 0. The first kappa shape index (κ1) is 18.7. The summed E-state index contributed by atoms with van der Waals surface area (Å²) in [5.41, 5.74) is 5.92. The minimum Gasteiger partial charge on any atom is -0.474 e. The lowest BCUT2D eigenvalue weighted by atomic mass is 9.94.